The van der Waals surface area contributed by atoms with Crippen molar-refractivity contribution in [2.24, 2.45) is 0 Å². The molecule has 0 unspecified atom stereocenters. The van der Waals surface area contributed by atoms with Crippen molar-refractivity contribution in [3.8, 4) is 5.75 Å². The Morgan fingerprint density at radius 2 is 1.71 bits per heavy atom. The number of benzene rings is 2. The van der Waals surface area contributed by atoms with E-state index in [1.165, 1.54) is 19.2 Å². The van der Waals surface area contributed by atoms with Crippen LogP contribution in [0.1, 0.15) is 25.0 Å². The van der Waals surface area contributed by atoms with Gasteiger partial charge in [-0.25, -0.2) is 0 Å². The monoisotopic (exact) mass is 337 g/mol. The molecule has 0 saturated heterocycles. The van der Waals surface area contributed by atoms with Crippen LogP contribution in [-0.2, 0) is 16.4 Å². The van der Waals surface area contributed by atoms with Gasteiger partial charge in [-0.15, -0.1) is 0 Å². The van der Waals surface area contributed by atoms with Gasteiger partial charge in [0.15, 0.2) is 0 Å². The Kier molecular flexibility index (Phi) is 4.87. The number of carbonyl (C=O) groups excluding carboxylic acids is 1. The molecule has 0 atom stereocenters. The van der Waals surface area contributed by atoms with Crippen molar-refractivity contribution in [1.29, 1.82) is 0 Å². The quantitative estimate of drug-likeness (QED) is 0.883. The molecule has 1 amide bonds. The lowest BCUT2D eigenvalue weighted by Gasteiger charge is -2.26. The minimum absolute atomic E-state index is 0.0952. The number of nitrogens with one attached hydrogen (secondary N) is 1. The number of ether oxygens (including phenoxy) is 1. The highest BCUT2D eigenvalue weighted by Crippen LogP contribution is 2.34. The molecule has 0 aliphatic carbocycles. The fourth-order valence-electron chi connectivity index (χ4n) is 2.34. The van der Waals surface area contributed by atoms with Gasteiger partial charge in [0, 0.05) is 11.3 Å². The number of methoxy groups -OCH3 is 1. The highest BCUT2D eigenvalue weighted by Gasteiger charge is 2.34. The summed E-state index contributed by atoms with van der Waals surface area (Å²) in [5.41, 5.74) is -1.05. The Bertz CT molecular complexity index is 739. The van der Waals surface area contributed by atoms with Crippen molar-refractivity contribution >= 4 is 11.6 Å². The lowest BCUT2D eigenvalue weighted by molar-refractivity contribution is -0.137. The normalized spacial score (nSPS) is 11.9. The molecule has 2 aromatic rings. The molecule has 0 aliphatic rings. The van der Waals surface area contributed by atoms with Gasteiger partial charge in [-0.05, 0) is 38.1 Å². The second-order valence-corrected chi connectivity index (χ2v) is 5.86. The van der Waals surface area contributed by atoms with E-state index in [9.17, 15) is 18.0 Å². The third-order valence-corrected chi connectivity index (χ3v) is 3.80. The molecule has 3 nitrogen and oxygen atoms in total. The van der Waals surface area contributed by atoms with E-state index in [1.54, 1.807) is 38.1 Å². The fraction of sp³-hybridized carbons (Fsp3) is 0.278. The molecule has 0 bridgehead atoms. The smallest absolute Gasteiger partial charge is 0.416 e. The molecule has 0 aliphatic heterocycles. The zero-order valence-corrected chi connectivity index (χ0v) is 13.6. The summed E-state index contributed by atoms with van der Waals surface area (Å²) in [6.45, 7) is 3.38. The molecule has 128 valence electrons. The van der Waals surface area contributed by atoms with Crippen molar-refractivity contribution in [3.63, 3.8) is 0 Å². The summed E-state index contributed by atoms with van der Waals surface area (Å²) in [5.74, 6) is 0.119. The molecular weight excluding hydrogens is 319 g/mol. The van der Waals surface area contributed by atoms with Crippen LogP contribution in [0.2, 0.25) is 0 Å². The number of alkyl halides is 3. The molecule has 0 fully saturated rings. The third-order valence-electron chi connectivity index (χ3n) is 3.80. The van der Waals surface area contributed by atoms with Gasteiger partial charge in [0.25, 0.3) is 0 Å². The average molecular weight is 337 g/mol. The zero-order valence-electron chi connectivity index (χ0n) is 13.6. The van der Waals surface area contributed by atoms with Crippen LogP contribution in [-0.4, -0.2) is 13.0 Å². The predicted molar refractivity (Wildman–Crippen MR) is 86.1 cm³/mol. The molecule has 0 heterocycles. The maximum Gasteiger partial charge on any atom is 0.416 e. The van der Waals surface area contributed by atoms with E-state index in [0.29, 0.717) is 11.3 Å². The van der Waals surface area contributed by atoms with Gasteiger partial charge in [-0.1, -0.05) is 24.3 Å². The van der Waals surface area contributed by atoms with Crippen molar-refractivity contribution in [2.75, 3.05) is 12.4 Å². The van der Waals surface area contributed by atoms with Crippen molar-refractivity contribution in [1.82, 2.24) is 0 Å². The zero-order chi connectivity index (χ0) is 18.0. The van der Waals surface area contributed by atoms with E-state index in [0.717, 1.165) is 12.1 Å². The first-order valence-corrected chi connectivity index (χ1v) is 7.28. The van der Waals surface area contributed by atoms with E-state index < -0.39 is 23.1 Å². The highest BCUT2D eigenvalue weighted by atomic mass is 19.4. The summed E-state index contributed by atoms with van der Waals surface area (Å²) in [7, 11) is 1.50. The second-order valence-electron chi connectivity index (χ2n) is 5.86. The first kappa shape index (κ1) is 17.8. The standard InChI is InChI=1S/C18H18F3NO2/c1-17(2,14-9-4-5-10-15(14)24-3)16(23)22-13-8-6-7-12(11-13)18(19,20)21/h4-11H,1-3H3,(H,22,23). The molecule has 0 saturated carbocycles. The van der Waals surface area contributed by atoms with E-state index in [-0.39, 0.29) is 5.69 Å². The van der Waals surface area contributed by atoms with Gasteiger partial charge in [0.1, 0.15) is 5.75 Å². The lowest BCUT2D eigenvalue weighted by atomic mass is 9.83. The van der Waals surface area contributed by atoms with Crippen LogP contribution in [0.3, 0.4) is 0 Å². The van der Waals surface area contributed by atoms with E-state index in [4.69, 9.17) is 4.74 Å². The number of carbonyl (C=O) groups is 1. The molecule has 0 spiro atoms. The fourth-order valence-corrected chi connectivity index (χ4v) is 2.34. The number of para-hydroxylation sites is 1. The molecule has 6 heteroatoms. The summed E-state index contributed by atoms with van der Waals surface area (Å²) in [4.78, 5) is 12.6. The minimum atomic E-state index is -4.46. The molecule has 0 aromatic heterocycles. The largest absolute Gasteiger partial charge is 0.496 e. The van der Waals surface area contributed by atoms with Gasteiger partial charge in [-0.3, -0.25) is 4.79 Å². The van der Waals surface area contributed by atoms with Crippen molar-refractivity contribution < 1.29 is 22.7 Å². The SMILES string of the molecule is COc1ccccc1C(C)(C)C(=O)Nc1cccc(C(F)(F)F)c1. The Balaban J connectivity index is 2.29. The topological polar surface area (TPSA) is 38.3 Å². The lowest BCUT2D eigenvalue weighted by Crippen LogP contribution is -2.35. The maximum atomic E-state index is 12.8. The number of hydrogen-bond donors (Lipinski definition) is 1. The summed E-state index contributed by atoms with van der Waals surface area (Å²) in [6, 6.07) is 11.6. The van der Waals surface area contributed by atoms with E-state index >= 15 is 0 Å². The van der Waals surface area contributed by atoms with E-state index in [2.05, 4.69) is 5.32 Å². The van der Waals surface area contributed by atoms with Gasteiger partial charge in [0.2, 0.25) is 5.91 Å². The van der Waals surface area contributed by atoms with Crippen molar-refractivity contribution in [3.05, 3.63) is 59.7 Å². The summed E-state index contributed by atoms with van der Waals surface area (Å²) in [5, 5.41) is 2.55. The van der Waals surface area contributed by atoms with Crippen LogP contribution in [0.5, 0.6) is 5.75 Å². The van der Waals surface area contributed by atoms with Crippen LogP contribution < -0.4 is 10.1 Å². The summed E-state index contributed by atoms with van der Waals surface area (Å²) in [6.07, 6.45) is -4.46. The minimum Gasteiger partial charge on any atom is -0.496 e. The van der Waals surface area contributed by atoms with E-state index in [1.807, 2.05) is 0 Å². The number of anilines is 1. The Hall–Kier alpha value is -2.50. The predicted octanol–water partition coefficient (Wildman–Crippen LogP) is 4.63. The maximum absolute atomic E-state index is 12.8. The number of hydrogen-bond acceptors (Lipinski definition) is 2. The summed E-state index contributed by atoms with van der Waals surface area (Å²) < 4.78 is 43.6. The molecular formula is C18H18F3NO2. The van der Waals surface area contributed by atoms with Crippen molar-refractivity contribution in [2.45, 2.75) is 25.4 Å². The number of amides is 1. The Labute approximate surface area is 138 Å². The molecule has 2 rings (SSSR count). The summed E-state index contributed by atoms with van der Waals surface area (Å²) >= 11 is 0. The van der Waals surface area contributed by atoms with Crippen LogP contribution in [0, 0.1) is 0 Å². The van der Waals surface area contributed by atoms with Crippen LogP contribution >= 0.6 is 0 Å². The second kappa shape index (κ2) is 6.55. The average Bonchev–Trinajstić information content (AvgIpc) is 2.54. The van der Waals surface area contributed by atoms with Gasteiger partial charge in [0.05, 0.1) is 18.1 Å². The number of halogens is 3. The van der Waals surface area contributed by atoms with Crippen LogP contribution in [0.4, 0.5) is 18.9 Å². The first-order valence-electron chi connectivity index (χ1n) is 7.28. The molecule has 2 aromatic carbocycles. The van der Waals surface area contributed by atoms with Gasteiger partial charge in [-0.2, -0.15) is 13.2 Å². The molecule has 0 radical (unpaired) electrons. The first-order chi connectivity index (χ1) is 11.2. The third kappa shape index (κ3) is 3.69. The van der Waals surface area contributed by atoms with Crippen LogP contribution in [0.25, 0.3) is 0 Å². The van der Waals surface area contributed by atoms with Crippen LogP contribution in [0.15, 0.2) is 48.5 Å². The Morgan fingerprint density at radius 1 is 1.04 bits per heavy atom. The highest BCUT2D eigenvalue weighted by molar-refractivity contribution is 5.99. The van der Waals surface area contributed by atoms with Gasteiger partial charge >= 0.3 is 6.18 Å². The molecule has 24 heavy (non-hydrogen) atoms. The number of rotatable bonds is 4. The Morgan fingerprint density at radius 3 is 2.33 bits per heavy atom. The van der Waals surface area contributed by atoms with Gasteiger partial charge < -0.3 is 10.1 Å². The molecule has 1 N–H and O–H groups in total.